The van der Waals surface area contributed by atoms with Crippen LogP contribution in [-0.4, -0.2) is 9.55 Å². The average Bonchev–Trinajstić information content (AvgIpc) is 2.25. The maximum Gasteiger partial charge on any atom is 0.267 e. The van der Waals surface area contributed by atoms with Gasteiger partial charge in [0.25, 0.3) is 5.56 Å². The van der Waals surface area contributed by atoms with Gasteiger partial charge >= 0.3 is 0 Å². The number of halogens is 2. The highest BCUT2D eigenvalue weighted by atomic mass is 127. The van der Waals surface area contributed by atoms with Crippen LogP contribution < -0.4 is 5.56 Å². The smallest absolute Gasteiger partial charge is 0.267 e. The fraction of sp³-hybridized carbons (Fsp3) is 0.0909. The minimum Gasteiger partial charge on any atom is -0.294 e. The largest absolute Gasteiger partial charge is 0.294 e. The van der Waals surface area contributed by atoms with Gasteiger partial charge in [0, 0.05) is 11.2 Å². The standard InChI is InChI=1S/C11H8ClIN2O/c12-9-3-1-2-8(4-9)6-15-7-14-5-10(13)11(15)16/h1-5,7H,6H2. The van der Waals surface area contributed by atoms with E-state index in [4.69, 9.17) is 11.6 Å². The molecule has 0 amide bonds. The molecule has 0 unspecified atom stereocenters. The lowest BCUT2D eigenvalue weighted by Crippen LogP contribution is -2.22. The molecule has 0 bridgehead atoms. The van der Waals surface area contributed by atoms with Crippen LogP contribution in [0.5, 0.6) is 0 Å². The maximum absolute atomic E-state index is 11.7. The third kappa shape index (κ3) is 2.62. The zero-order valence-corrected chi connectivity index (χ0v) is 11.1. The molecule has 2 aromatic rings. The Hall–Kier alpha value is -0.880. The first-order chi connectivity index (χ1) is 7.66. The minimum absolute atomic E-state index is 0.0319. The van der Waals surface area contributed by atoms with Crippen LogP contribution in [0.3, 0.4) is 0 Å². The zero-order valence-electron chi connectivity index (χ0n) is 8.23. The number of benzene rings is 1. The quantitative estimate of drug-likeness (QED) is 0.783. The van der Waals surface area contributed by atoms with Crippen molar-refractivity contribution in [3.8, 4) is 0 Å². The van der Waals surface area contributed by atoms with Crippen molar-refractivity contribution in [2.75, 3.05) is 0 Å². The van der Waals surface area contributed by atoms with Gasteiger partial charge in [-0.3, -0.25) is 9.36 Å². The molecule has 0 saturated carbocycles. The van der Waals surface area contributed by atoms with E-state index in [-0.39, 0.29) is 5.56 Å². The SMILES string of the molecule is O=c1c(I)cncn1Cc1cccc(Cl)c1. The van der Waals surface area contributed by atoms with E-state index >= 15 is 0 Å². The summed E-state index contributed by atoms with van der Waals surface area (Å²) in [5.74, 6) is 0. The average molecular weight is 347 g/mol. The van der Waals surface area contributed by atoms with Crippen LogP contribution in [0, 0.1) is 3.57 Å². The van der Waals surface area contributed by atoms with E-state index < -0.39 is 0 Å². The highest BCUT2D eigenvalue weighted by Crippen LogP contribution is 2.11. The third-order valence-corrected chi connectivity index (χ3v) is 3.08. The Kier molecular flexibility index (Phi) is 3.60. The van der Waals surface area contributed by atoms with E-state index in [1.165, 1.54) is 6.33 Å². The number of nitrogens with zero attached hydrogens (tertiary/aromatic N) is 2. The first kappa shape index (κ1) is 11.6. The molecular weight excluding hydrogens is 338 g/mol. The fourth-order valence-electron chi connectivity index (χ4n) is 1.37. The van der Waals surface area contributed by atoms with Crippen LogP contribution in [0.25, 0.3) is 0 Å². The topological polar surface area (TPSA) is 34.9 Å². The highest BCUT2D eigenvalue weighted by molar-refractivity contribution is 14.1. The van der Waals surface area contributed by atoms with Crippen LogP contribution >= 0.6 is 34.2 Å². The van der Waals surface area contributed by atoms with E-state index in [0.29, 0.717) is 15.1 Å². The van der Waals surface area contributed by atoms with Crippen molar-refractivity contribution in [3.63, 3.8) is 0 Å². The molecule has 0 aliphatic rings. The van der Waals surface area contributed by atoms with Gasteiger partial charge in [0.1, 0.15) is 0 Å². The summed E-state index contributed by atoms with van der Waals surface area (Å²) in [6.07, 6.45) is 3.09. The van der Waals surface area contributed by atoms with E-state index in [0.717, 1.165) is 5.56 Å². The minimum atomic E-state index is -0.0319. The molecule has 2 rings (SSSR count). The number of aromatic nitrogens is 2. The molecular formula is C11H8ClIN2O. The van der Waals surface area contributed by atoms with Gasteiger partial charge in [0.2, 0.25) is 0 Å². The van der Waals surface area contributed by atoms with E-state index in [2.05, 4.69) is 4.98 Å². The first-order valence-corrected chi connectivity index (χ1v) is 6.07. The summed E-state index contributed by atoms with van der Waals surface area (Å²) in [7, 11) is 0. The van der Waals surface area contributed by atoms with Gasteiger partial charge in [0.05, 0.1) is 16.4 Å². The van der Waals surface area contributed by atoms with Crippen LogP contribution in [0.4, 0.5) is 0 Å². The van der Waals surface area contributed by atoms with Crippen LogP contribution in [0.15, 0.2) is 41.6 Å². The van der Waals surface area contributed by atoms with Gasteiger partial charge in [0.15, 0.2) is 0 Å². The lowest BCUT2D eigenvalue weighted by atomic mass is 10.2. The molecule has 3 nitrogen and oxygen atoms in total. The van der Waals surface area contributed by atoms with Crippen molar-refractivity contribution in [3.05, 3.63) is 61.3 Å². The van der Waals surface area contributed by atoms with Gasteiger partial charge in [-0.05, 0) is 40.3 Å². The summed E-state index contributed by atoms with van der Waals surface area (Å²) in [6.45, 7) is 0.489. The van der Waals surface area contributed by atoms with Gasteiger partial charge in [-0.15, -0.1) is 0 Å². The summed E-state index contributed by atoms with van der Waals surface area (Å²) >= 11 is 7.86. The Bertz CT molecular complexity index is 568. The van der Waals surface area contributed by atoms with E-state index in [1.54, 1.807) is 16.8 Å². The zero-order chi connectivity index (χ0) is 11.5. The molecule has 0 aliphatic carbocycles. The third-order valence-electron chi connectivity index (χ3n) is 2.10. The second kappa shape index (κ2) is 4.97. The summed E-state index contributed by atoms with van der Waals surface area (Å²) in [6, 6.07) is 7.44. The molecule has 1 aromatic heterocycles. The Morgan fingerprint density at radius 3 is 3.00 bits per heavy atom. The summed E-state index contributed by atoms with van der Waals surface area (Å²) in [4.78, 5) is 15.7. The molecule has 5 heteroatoms. The Balaban J connectivity index is 2.34. The maximum atomic E-state index is 11.7. The van der Waals surface area contributed by atoms with Gasteiger partial charge in [-0.1, -0.05) is 23.7 Å². The lowest BCUT2D eigenvalue weighted by molar-refractivity contribution is 0.730. The molecule has 0 aliphatic heterocycles. The van der Waals surface area contributed by atoms with Crippen LogP contribution in [0.2, 0.25) is 5.02 Å². The first-order valence-electron chi connectivity index (χ1n) is 4.61. The molecule has 1 aromatic carbocycles. The van der Waals surface area contributed by atoms with Crippen molar-refractivity contribution >= 4 is 34.2 Å². The second-order valence-corrected chi connectivity index (χ2v) is 4.90. The highest BCUT2D eigenvalue weighted by Gasteiger charge is 2.01. The molecule has 1 heterocycles. The normalized spacial score (nSPS) is 10.4. The molecule has 16 heavy (non-hydrogen) atoms. The molecule has 0 fully saturated rings. The van der Waals surface area contributed by atoms with Crippen molar-refractivity contribution in [1.29, 1.82) is 0 Å². The molecule has 0 atom stereocenters. The van der Waals surface area contributed by atoms with Crippen molar-refractivity contribution in [2.24, 2.45) is 0 Å². The summed E-state index contributed by atoms with van der Waals surface area (Å²) in [5.41, 5.74) is 0.953. The van der Waals surface area contributed by atoms with Crippen molar-refractivity contribution in [1.82, 2.24) is 9.55 Å². The number of rotatable bonds is 2. The molecule has 82 valence electrons. The predicted molar refractivity (Wildman–Crippen MR) is 71.8 cm³/mol. The van der Waals surface area contributed by atoms with E-state index in [9.17, 15) is 4.79 Å². The second-order valence-electron chi connectivity index (χ2n) is 3.30. The lowest BCUT2D eigenvalue weighted by Gasteiger charge is -2.05. The molecule has 0 saturated heterocycles. The molecule has 0 N–H and O–H groups in total. The monoisotopic (exact) mass is 346 g/mol. The summed E-state index contributed by atoms with van der Waals surface area (Å²) in [5, 5.41) is 0.670. The summed E-state index contributed by atoms with van der Waals surface area (Å²) < 4.78 is 2.18. The van der Waals surface area contributed by atoms with Gasteiger partial charge < -0.3 is 0 Å². The van der Waals surface area contributed by atoms with Gasteiger partial charge in [-0.25, -0.2) is 4.98 Å². The van der Waals surface area contributed by atoms with Crippen LogP contribution in [0.1, 0.15) is 5.56 Å². The Morgan fingerprint density at radius 1 is 1.44 bits per heavy atom. The fourth-order valence-corrected chi connectivity index (χ4v) is 2.05. The molecule has 0 spiro atoms. The van der Waals surface area contributed by atoms with E-state index in [1.807, 2.05) is 40.8 Å². The molecule has 0 radical (unpaired) electrons. The van der Waals surface area contributed by atoms with Crippen molar-refractivity contribution in [2.45, 2.75) is 6.54 Å². The van der Waals surface area contributed by atoms with Gasteiger partial charge in [-0.2, -0.15) is 0 Å². The Labute approximate surface area is 111 Å². The number of hydrogen-bond donors (Lipinski definition) is 0. The Morgan fingerprint density at radius 2 is 2.25 bits per heavy atom. The predicted octanol–water partition coefficient (Wildman–Crippen LogP) is 2.55. The van der Waals surface area contributed by atoms with Crippen molar-refractivity contribution < 1.29 is 0 Å². The van der Waals surface area contributed by atoms with Crippen LogP contribution in [-0.2, 0) is 6.54 Å². The number of hydrogen-bond acceptors (Lipinski definition) is 2.